The van der Waals surface area contributed by atoms with Gasteiger partial charge >= 0.3 is 5.97 Å². The third-order valence-corrected chi connectivity index (χ3v) is 5.71. The van der Waals surface area contributed by atoms with Crippen LogP contribution in [0.15, 0.2) is 77.7 Å². The lowest BCUT2D eigenvalue weighted by atomic mass is 10.1. The lowest BCUT2D eigenvalue weighted by Crippen LogP contribution is -2.14. The first-order chi connectivity index (χ1) is 14.8. The lowest BCUT2D eigenvalue weighted by molar-refractivity contribution is 0.0600. The molecule has 0 heterocycles. The molecule has 0 saturated heterocycles. The maximum Gasteiger partial charge on any atom is 0.337 e. The van der Waals surface area contributed by atoms with Gasteiger partial charge in [-0.3, -0.25) is 9.52 Å². The van der Waals surface area contributed by atoms with Crippen molar-refractivity contribution in [2.24, 2.45) is 0 Å². The molecule has 2 N–H and O–H groups in total. The third kappa shape index (κ3) is 5.40. The molecule has 9 heteroatoms. The molecule has 3 aromatic carbocycles. The zero-order valence-electron chi connectivity index (χ0n) is 16.8. The predicted molar refractivity (Wildman–Crippen MR) is 116 cm³/mol. The molecule has 0 aliphatic rings. The first-order valence-electron chi connectivity index (χ1n) is 9.09. The van der Waals surface area contributed by atoms with Gasteiger partial charge in [-0.2, -0.15) is 0 Å². The van der Waals surface area contributed by atoms with Crippen LogP contribution in [0.2, 0.25) is 0 Å². The van der Waals surface area contributed by atoms with E-state index in [1.807, 2.05) is 0 Å². The minimum atomic E-state index is -3.80. The molecule has 1 amide bonds. The Morgan fingerprint density at radius 1 is 0.806 bits per heavy atom. The highest BCUT2D eigenvalue weighted by molar-refractivity contribution is 7.92. The van der Waals surface area contributed by atoms with E-state index >= 15 is 0 Å². The van der Waals surface area contributed by atoms with Gasteiger partial charge in [0.15, 0.2) is 0 Å². The van der Waals surface area contributed by atoms with Crippen molar-refractivity contribution in [3.8, 4) is 5.75 Å². The maximum absolute atomic E-state index is 12.6. The van der Waals surface area contributed by atoms with Crippen molar-refractivity contribution < 1.29 is 27.5 Å². The second-order valence-corrected chi connectivity index (χ2v) is 8.07. The van der Waals surface area contributed by atoms with E-state index < -0.39 is 21.9 Å². The van der Waals surface area contributed by atoms with E-state index in [0.29, 0.717) is 17.1 Å². The van der Waals surface area contributed by atoms with Crippen LogP contribution < -0.4 is 14.8 Å². The minimum Gasteiger partial charge on any atom is -0.497 e. The van der Waals surface area contributed by atoms with Gasteiger partial charge in [-0.1, -0.05) is 6.07 Å². The van der Waals surface area contributed by atoms with Crippen molar-refractivity contribution in [1.29, 1.82) is 0 Å². The second-order valence-electron chi connectivity index (χ2n) is 6.38. The van der Waals surface area contributed by atoms with Crippen LogP contribution >= 0.6 is 0 Å². The summed E-state index contributed by atoms with van der Waals surface area (Å²) in [5.41, 5.74) is 1.31. The van der Waals surface area contributed by atoms with Crippen LogP contribution in [0.5, 0.6) is 5.75 Å². The van der Waals surface area contributed by atoms with Gasteiger partial charge < -0.3 is 14.8 Å². The lowest BCUT2D eigenvalue weighted by Gasteiger charge is -2.10. The molecular formula is C22H20N2O6S. The van der Waals surface area contributed by atoms with Crippen LogP contribution in [0.3, 0.4) is 0 Å². The average Bonchev–Trinajstić information content (AvgIpc) is 2.79. The van der Waals surface area contributed by atoms with Crippen LogP contribution in [-0.4, -0.2) is 34.5 Å². The van der Waals surface area contributed by atoms with Crippen LogP contribution in [0.4, 0.5) is 11.4 Å². The fourth-order valence-electron chi connectivity index (χ4n) is 2.70. The molecule has 0 spiro atoms. The summed E-state index contributed by atoms with van der Waals surface area (Å²) in [4.78, 5) is 24.1. The molecule has 160 valence electrons. The second kappa shape index (κ2) is 9.31. The zero-order valence-corrected chi connectivity index (χ0v) is 17.6. The first kappa shape index (κ1) is 21.8. The van der Waals surface area contributed by atoms with Crippen molar-refractivity contribution in [1.82, 2.24) is 0 Å². The molecule has 0 fully saturated rings. The summed E-state index contributed by atoms with van der Waals surface area (Å²) in [5, 5.41) is 2.66. The predicted octanol–water partition coefficient (Wildman–Crippen LogP) is 3.53. The highest BCUT2D eigenvalue weighted by Crippen LogP contribution is 2.21. The normalized spacial score (nSPS) is 10.8. The molecule has 0 aromatic heterocycles. The van der Waals surface area contributed by atoms with E-state index in [4.69, 9.17) is 4.74 Å². The summed E-state index contributed by atoms with van der Waals surface area (Å²) in [6.45, 7) is 0. The van der Waals surface area contributed by atoms with Gasteiger partial charge in [0.05, 0.1) is 24.7 Å². The molecule has 3 aromatic rings. The van der Waals surface area contributed by atoms with E-state index in [1.165, 1.54) is 50.6 Å². The molecule has 8 nitrogen and oxygen atoms in total. The third-order valence-electron chi connectivity index (χ3n) is 4.31. The van der Waals surface area contributed by atoms with E-state index in [1.54, 1.807) is 36.4 Å². The molecule has 0 radical (unpaired) electrons. The molecule has 0 atom stereocenters. The van der Waals surface area contributed by atoms with Crippen LogP contribution in [0, 0.1) is 0 Å². The number of amides is 1. The van der Waals surface area contributed by atoms with Gasteiger partial charge in [0, 0.05) is 16.9 Å². The highest BCUT2D eigenvalue weighted by atomic mass is 32.2. The Hall–Kier alpha value is -3.85. The van der Waals surface area contributed by atoms with Crippen molar-refractivity contribution in [2.45, 2.75) is 4.90 Å². The van der Waals surface area contributed by atoms with E-state index in [9.17, 15) is 18.0 Å². The summed E-state index contributed by atoms with van der Waals surface area (Å²) in [6.07, 6.45) is 0. The Balaban J connectivity index is 1.70. The van der Waals surface area contributed by atoms with E-state index in [0.717, 1.165) is 0 Å². The monoisotopic (exact) mass is 440 g/mol. The SMILES string of the molecule is COC(=O)c1cccc(C(=O)Nc2ccc(S(=O)(=O)Nc3ccc(OC)cc3)cc2)c1. The number of hydrogen-bond donors (Lipinski definition) is 2. The smallest absolute Gasteiger partial charge is 0.337 e. The number of carbonyl (C=O) groups excluding carboxylic acids is 2. The largest absolute Gasteiger partial charge is 0.497 e. The minimum absolute atomic E-state index is 0.0361. The number of nitrogens with one attached hydrogen (secondary N) is 2. The standard InChI is InChI=1S/C22H20N2O6S/c1-29-19-10-6-18(7-11-19)24-31(27,28)20-12-8-17(9-13-20)23-21(25)15-4-3-5-16(14-15)22(26)30-2/h3-14,24H,1-2H3,(H,23,25). The average molecular weight is 440 g/mol. The van der Waals surface area contributed by atoms with E-state index in [2.05, 4.69) is 14.8 Å². The Labute approximate surface area is 179 Å². The highest BCUT2D eigenvalue weighted by Gasteiger charge is 2.15. The fraction of sp³-hybridized carbons (Fsp3) is 0.0909. The summed E-state index contributed by atoms with van der Waals surface area (Å²) >= 11 is 0. The maximum atomic E-state index is 12.6. The number of carbonyl (C=O) groups is 2. The van der Waals surface area contributed by atoms with Gasteiger partial charge in [-0.15, -0.1) is 0 Å². The molecule has 0 aliphatic carbocycles. The number of methoxy groups -OCH3 is 2. The summed E-state index contributed by atoms with van der Waals surface area (Å²) in [6, 6.07) is 18.3. The summed E-state index contributed by atoms with van der Waals surface area (Å²) < 4.78 is 37.3. The molecule has 3 rings (SSSR count). The summed E-state index contributed by atoms with van der Waals surface area (Å²) in [5.74, 6) is -0.383. The quantitative estimate of drug-likeness (QED) is 0.544. The van der Waals surface area contributed by atoms with Crippen molar-refractivity contribution in [3.05, 3.63) is 83.9 Å². The van der Waals surface area contributed by atoms with Gasteiger partial charge in [-0.05, 0) is 66.7 Å². The Bertz CT molecular complexity index is 1190. The molecule has 0 unspecified atom stereocenters. The van der Waals surface area contributed by atoms with Gasteiger partial charge in [0.25, 0.3) is 15.9 Å². The number of ether oxygens (including phenoxy) is 2. The molecular weight excluding hydrogens is 420 g/mol. The van der Waals surface area contributed by atoms with Gasteiger partial charge in [0.2, 0.25) is 0 Å². The Kier molecular flexibility index (Phi) is 6.56. The van der Waals surface area contributed by atoms with E-state index in [-0.39, 0.29) is 16.0 Å². The topological polar surface area (TPSA) is 111 Å². The van der Waals surface area contributed by atoms with Crippen LogP contribution in [0.25, 0.3) is 0 Å². The van der Waals surface area contributed by atoms with Gasteiger partial charge in [-0.25, -0.2) is 13.2 Å². The van der Waals surface area contributed by atoms with Crippen LogP contribution in [0.1, 0.15) is 20.7 Å². The first-order valence-corrected chi connectivity index (χ1v) is 10.6. The van der Waals surface area contributed by atoms with Crippen molar-refractivity contribution >= 4 is 33.3 Å². The Morgan fingerprint density at radius 2 is 1.42 bits per heavy atom. The van der Waals surface area contributed by atoms with Crippen molar-refractivity contribution in [2.75, 3.05) is 24.3 Å². The number of anilines is 2. The van der Waals surface area contributed by atoms with Crippen molar-refractivity contribution in [3.63, 3.8) is 0 Å². The molecule has 31 heavy (non-hydrogen) atoms. The molecule has 0 saturated carbocycles. The molecule has 0 aliphatic heterocycles. The Morgan fingerprint density at radius 3 is 2.03 bits per heavy atom. The number of rotatable bonds is 7. The number of hydrogen-bond acceptors (Lipinski definition) is 6. The zero-order chi connectivity index (χ0) is 22.4. The summed E-state index contributed by atoms with van der Waals surface area (Å²) in [7, 11) is -1.02. The van der Waals surface area contributed by atoms with Gasteiger partial charge in [0.1, 0.15) is 5.75 Å². The number of benzene rings is 3. The van der Waals surface area contributed by atoms with Crippen LogP contribution in [-0.2, 0) is 14.8 Å². The molecule has 0 bridgehead atoms. The fourth-order valence-corrected chi connectivity index (χ4v) is 3.76. The number of esters is 1. The number of sulfonamides is 1.